The van der Waals surface area contributed by atoms with Crippen LogP contribution in [0.1, 0.15) is 42.1 Å². The highest BCUT2D eigenvalue weighted by Gasteiger charge is 2.12. The third-order valence-electron chi connectivity index (χ3n) is 3.67. The minimum atomic E-state index is -0.286. The number of amides is 1. The Morgan fingerprint density at radius 2 is 1.96 bits per heavy atom. The normalized spacial score (nSPS) is 11.6. The first-order chi connectivity index (χ1) is 11.0. The van der Waals surface area contributed by atoms with Gasteiger partial charge in [-0.05, 0) is 54.4 Å². The van der Waals surface area contributed by atoms with E-state index in [0.29, 0.717) is 16.5 Å². The van der Waals surface area contributed by atoms with Crippen molar-refractivity contribution in [1.82, 2.24) is 5.32 Å². The van der Waals surface area contributed by atoms with Gasteiger partial charge in [-0.2, -0.15) is 0 Å². The van der Waals surface area contributed by atoms with E-state index in [9.17, 15) is 4.79 Å². The van der Waals surface area contributed by atoms with E-state index < -0.39 is 0 Å². The Bertz CT molecular complexity index is 718. The van der Waals surface area contributed by atoms with Crippen LogP contribution in [0, 0.1) is 0 Å². The first-order valence-corrected chi connectivity index (χ1v) is 8.26. The van der Waals surface area contributed by atoms with Crippen molar-refractivity contribution in [2.24, 2.45) is 0 Å². The fourth-order valence-electron chi connectivity index (χ4n) is 2.22. The lowest BCUT2D eigenvalue weighted by atomic mass is 9.97. The lowest BCUT2D eigenvalue weighted by Gasteiger charge is -2.17. The van der Waals surface area contributed by atoms with Crippen LogP contribution in [0.15, 0.2) is 48.5 Å². The number of rotatable bonds is 4. The van der Waals surface area contributed by atoms with Gasteiger partial charge in [0.25, 0.3) is 5.91 Å². The number of nitrogens with one attached hydrogen (secondary N) is 2. The average Bonchev–Trinajstić information content (AvgIpc) is 2.54. The molecule has 2 rings (SSSR count). The van der Waals surface area contributed by atoms with Gasteiger partial charge in [0.15, 0.2) is 5.11 Å². The molecule has 1 amide bonds. The Hall–Kier alpha value is -1.91. The molecule has 0 saturated carbocycles. The number of hydrogen-bond acceptors (Lipinski definition) is 2. The number of hydrogen-bond donors (Lipinski definition) is 2. The summed E-state index contributed by atoms with van der Waals surface area (Å²) >= 11 is 11.1. The fraction of sp³-hybridized carbons (Fsp3) is 0.222. The van der Waals surface area contributed by atoms with Crippen molar-refractivity contribution in [2.45, 2.75) is 26.2 Å². The van der Waals surface area contributed by atoms with Crippen LogP contribution < -0.4 is 10.6 Å². The zero-order chi connectivity index (χ0) is 16.8. The van der Waals surface area contributed by atoms with Gasteiger partial charge in [0.1, 0.15) is 0 Å². The van der Waals surface area contributed by atoms with Gasteiger partial charge >= 0.3 is 0 Å². The molecule has 0 aliphatic carbocycles. The maximum atomic E-state index is 12.2. The molecule has 120 valence electrons. The molecule has 2 aromatic carbocycles. The molecular weight excluding hydrogens is 328 g/mol. The van der Waals surface area contributed by atoms with E-state index in [2.05, 4.69) is 30.5 Å². The van der Waals surface area contributed by atoms with Crippen molar-refractivity contribution < 1.29 is 4.79 Å². The number of benzene rings is 2. The lowest BCUT2D eigenvalue weighted by Crippen LogP contribution is -2.34. The quantitative estimate of drug-likeness (QED) is 0.767. The van der Waals surface area contributed by atoms with Crippen molar-refractivity contribution in [3.63, 3.8) is 0 Å². The molecule has 0 spiro atoms. The molecule has 2 N–H and O–H groups in total. The largest absolute Gasteiger partial charge is 0.332 e. The molecule has 0 unspecified atom stereocenters. The topological polar surface area (TPSA) is 41.1 Å². The predicted octanol–water partition coefficient (Wildman–Crippen LogP) is 4.98. The maximum absolute atomic E-state index is 12.2. The number of thiocarbonyl (C=S) groups is 1. The molecule has 0 saturated heterocycles. The molecule has 0 aliphatic rings. The number of halogens is 1. The average molecular weight is 347 g/mol. The van der Waals surface area contributed by atoms with Gasteiger partial charge in [-0.25, -0.2) is 0 Å². The first-order valence-electron chi connectivity index (χ1n) is 7.48. The first kappa shape index (κ1) is 17.4. The molecule has 0 heterocycles. The van der Waals surface area contributed by atoms with Crippen LogP contribution in [0.5, 0.6) is 0 Å². The van der Waals surface area contributed by atoms with E-state index >= 15 is 0 Å². The fourth-order valence-corrected chi connectivity index (χ4v) is 2.61. The summed E-state index contributed by atoms with van der Waals surface area (Å²) in [6.07, 6.45) is 1.03. The van der Waals surface area contributed by atoms with Crippen LogP contribution in [0.2, 0.25) is 5.02 Å². The second-order valence-corrected chi connectivity index (χ2v) is 6.16. The third-order valence-corrected chi connectivity index (χ3v) is 4.11. The summed E-state index contributed by atoms with van der Waals surface area (Å²) in [6, 6.07) is 14.7. The third kappa shape index (κ3) is 4.78. The summed E-state index contributed by atoms with van der Waals surface area (Å²) in [5.74, 6) is 0.121. The highest BCUT2D eigenvalue weighted by atomic mass is 35.5. The molecule has 1 atom stereocenters. The number of carbonyl (C=O) groups is 1. The van der Waals surface area contributed by atoms with Crippen molar-refractivity contribution in [3.05, 3.63) is 64.7 Å². The molecule has 5 heteroatoms. The Labute approximate surface area is 147 Å². The van der Waals surface area contributed by atoms with Crippen molar-refractivity contribution >= 4 is 40.5 Å². The highest BCUT2D eigenvalue weighted by molar-refractivity contribution is 7.80. The van der Waals surface area contributed by atoms with E-state index in [1.165, 1.54) is 5.56 Å². The molecule has 2 aromatic rings. The highest BCUT2D eigenvalue weighted by Crippen LogP contribution is 2.26. The van der Waals surface area contributed by atoms with Gasteiger partial charge in [-0.3, -0.25) is 10.1 Å². The SMILES string of the molecule is CC[C@@H](C)c1ccccc1NC(=S)NC(=O)c1cccc(Cl)c1. The van der Waals surface area contributed by atoms with Crippen LogP contribution >= 0.6 is 23.8 Å². The van der Waals surface area contributed by atoms with E-state index in [4.69, 9.17) is 23.8 Å². The molecule has 0 aliphatic heterocycles. The van der Waals surface area contributed by atoms with Gasteiger partial charge < -0.3 is 5.32 Å². The Balaban J connectivity index is 2.07. The van der Waals surface area contributed by atoms with Gasteiger partial charge in [0.2, 0.25) is 0 Å². The van der Waals surface area contributed by atoms with Gasteiger partial charge in [-0.1, -0.05) is 49.7 Å². The minimum Gasteiger partial charge on any atom is -0.332 e. The Morgan fingerprint density at radius 3 is 2.65 bits per heavy atom. The predicted molar refractivity (Wildman–Crippen MR) is 100 cm³/mol. The summed E-state index contributed by atoms with van der Waals surface area (Å²) in [5, 5.41) is 6.57. The van der Waals surface area contributed by atoms with E-state index in [1.54, 1.807) is 24.3 Å². The Kier molecular flexibility index (Phi) is 6.13. The maximum Gasteiger partial charge on any atom is 0.257 e. The molecular formula is C18H19ClN2OS. The summed E-state index contributed by atoms with van der Waals surface area (Å²) in [4.78, 5) is 12.2. The minimum absolute atomic E-state index is 0.269. The molecule has 23 heavy (non-hydrogen) atoms. The lowest BCUT2D eigenvalue weighted by molar-refractivity contribution is 0.0977. The molecule has 3 nitrogen and oxygen atoms in total. The van der Waals surface area contributed by atoms with E-state index in [0.717, 1.165) is 12.1 Å². The van der Waals surface area contributed by atoms with Crippen molar-refractivity contribution in [3.8, 4) is 0 Å². The monoisotopic (exact) mass is 346 g/mol. The Morgan fingerprint density at radius 1 is 1.22 bits per heavy atom. The molecule has 0 fully saturated rings. The van der Waals surface area contributed by atoms with Crippen LogP contribution in [0.3, 0.4) is 0 Å². The second kappa shape index (κ2) is 8.09. The summed E-state index contributed by atoms with van der Waals surface area (Å²) < 4.78 is 0. The summed E-state index contributed by atoms with van der Waals surface area (Å²) in [7, 11) is 0. The second-order valence-electron chi connectivity index (χ2n) is 5.32. The summed E-state index contributed by atoms with van der Waals surface area (Å²) in [6.45, 7) is 4.30. The molecule has 0 aromatic heterocycles. The number of anilines is 1. The van der Waals surface area contributed by atoms with E-state index in [-0.39, 0.29) is 11.0 Å². The van der Waals surface area contributed by atoms with Crippen molar-refractivity contribution in [1.29, 1.82) is 0 Å². The number of para-hydroxylation sites is 1. The standard InChI is InChI=1S/C18H19ClN2OS/c1-3-12(2)15-9-4-5-10-16(15)20-18(23)21-17(22)13-7-6-8-14(19)11-13/h4-12H,3H2,1-2H3,(H2,20,21,22,23)/t12-/m1/s1. The van der Waals surface area contributed by atoms with Crippen LogP contribution in [-0.4, -0.2) is 11.0 Å². The van der Waals surface area contributed by atoms with Crippen LogP contribution in [-0.2, 0) is 0 Å². The van der Waals surface area contributed by atoms with Crippen LogP contribution in [0.4, 0.5) is 5.69 Å². The van der Waals surface area contributed by atoms with Crippen LogP contribution in [0.25, 0.3) is 0 Å². The van der Waals surface area contributed by atoms with Crippen molar-refractivity contribution in [2.75, 3.05) is 5.32 Å². The molecule has 0 radical (unpaired) electrons. The van der Waals surface area contributed by atoms with Gasteiger partial charge in [-0.15, -0.1) is 0 Å². The smallest absolute Gasteiger partial charge is 0.257 e. The number of carbonyl (C=O) groups excluding carboxylic acids is 1. The van der Waals surface area contributed by atoms with Gasteiger partial charge in [0, 0.05) is 16.3 Å². The zero-order valence-electron chi connectivity index (χ0n) is 13.1. The summed E-state index contributed by atoms with van der Waals surface area (Å²) in [5.41, 5.74) is 2.56. The van der Waals surface area contributed by atoms with Gasteiger partial charge in [0.05, 0.1) is 0 Å². The van der Waals surface area contributed by atoms with E-state index in [1.807, 2.05) is 18.2 Å². The zero-order valence-corrected chi connectivity index (χ0v) is 14.7. The molecule has 0 bridgehead atoms.